The molecule has 6 rings (SSSR count). The van der Waals surface area contributed by atoms with Crippen LogP contribution in [-0.4, -0.2) is 29.4 Å². The summed E-state index contributed by atoms with van der Waals surface area (Å²) in [6, 6.07) is 5.77. The third kappa shape index (κ3) is 2.48. The van der Waals surface area contributed by atoms with Gasteiger partial charge in [0.1, 0.15) is 16.9 Å². The molecule has 0 radical (unpaired) electrons. The monoisotopic (exact) mass is 390 g/mol. The number of thiophene rings is 1. The SMILES string of the molecule is C[C@@H]1CCc2c(sc3ncn4nc(-c5ccc(Cn6cccn6)o5)nc4c23)C1. The maximum absolute atomic E-state index is 5.98. The molecule has 0 spiro atoms. The molecule has 0 bridgehead atoms. The Bertz CT molecular complexity index is 1300. The van der Waals surface area contributed by atoms with Gasteiger partial charge in [-0.25, -0.2) is 14.5 Å². The molecule has 140 valence electrons. The van der Waals surface area contributed by atoms with Crippen LogP contribution in [0.25, 0.3) is 27.4 Å². The van der Waals surface area contributed by atoms with Gasteiger partial charge in [-0.1, -0.05) is 6.92 Å². The van der Waals surface area contributed by atoms with Crippen molar-refractivity contribution in [1.29, 1.82) is 0 Å². The molecule has 0 unspecified atom stereocenters. The highest BCUT2D eigenvalue weighted by molar-refractivity contribution is 7.19. The molecule has 0 N–H and O–H groups in total. The number of fused-ring (bicyclic) bond motifs is 5. The maximum Gasteiger partial charge on any atom is 0.217 e. The van der Waals surface area contributed by atoms with Crippen LogP contribution < -0.4 is 0 Å². The van der Waals surface area contributed by atoms with Gasteiger partial charge in [-0.2, -0.15) is 5.10 Å². The molecule has 7 nitrogen and oxygen atoms in total. The number of hydrogen-bond donors (Lipinski definition) is 0. The second-order valence-corrected chi connectivity index (χ2v) is 8.53. The Labute approximate surface area is 164 Å². The molecule has 0 fully saturated rings. The minimum Gasteiger partial charge on any atom is -0.456 e. The fourth-order valence-electron chi connectivity index (χ4n) is 3.98. The van der Waals surface area contributed by atoms with E-state index in [9.17, 15) is 0 Å². The molecular formula is C20H18N6OS. The Balaban J connectivity index is 1.43. The van der Waals surface area contributed by atoms with Crippen molar-refractivity contribution in [3.8, 4) is 11.6 Å². The van der Waals surface area contributed by atoms with Crippen LogP contribution in [-0.2, 0) is 19.4 Å². The van der Waals surface area contributed by atoms with Gasteiger partial charge < -0.3 is 4.42 Å². The van der Waals surface area contributed by atoms with Gasteiger partial charge in [0.15, 0.2) is 11.4 Å². The van der Waals surface area contributed by atoms with Crippen LogP contribution in [0.1, 0.15) is 29.5 Å². The van der Waals surface area contributed by atoms with Crippen molar-refractivity contribution in [2.45, 2.75) is 32.7 Å². The molecule has 5 aromatic heterocycles. The van der Waals surface area contributed by atoms with Crippen LogP contribution in [0.5, 0.6) is 0 Å². The lowest BCUT2D eigenvalue weighted by molar-refractivity contribution is 0.487. The third-order valence-electron chi connectivity index (χ3n) is 5.39. The van der Waals surface area contributed by atoms with Gasteiger partial charge in [0.05, 0.1) is 11.9 Å². The summed E-state index contributed by atoms with van der Waals surface area (Å²) in [5, 5.41) is 10.00. The van der Waals surface area contributed by atoms with Crippen molar-refractivity contribution in [1.82, 2.24) is 29.4 Å². The lowest BCUT2D eigenvalue weighted by Gasteiger charge is -2.17. The number of furan rings is 1. The minimum absolute atomic E-state index is 0.586. The molecule has 0 saturated heterocycles. The Morgan fingerprint density at radius 2 is 2.29 bits per heavy atom. The topological polar surface area (TPSA) is 74.0 Å². The Morgan fingerprint density at radius 1 is 1.32 bits per heavy atom. The van der Waals surface area contributed by atoms with Gasteiger partial charge in [-0.3, -0.25) is 4.68 Å². The summed E-state index contributed by atoms with van der Waals surface area (Å²) in [6.07, 6.45) is 8.87. The van der Waals surface area contributed by atoms with Crippen LogP contribution in [0.15, 0.2) is 41.3 Å². The standard InChI is InChI=1S/C20H18N6OS/c1-12-3-5-14-16(9-12)28-20-17(14)19-23-18(24-26(19)11-21-20)15-6-4-13(27-15)10-25-8-2-7-22-25/h2,4,6-8,11-12H,3,5,9-10H2,1H3/t12-/m1/s1. The fourth-order valence-corrected chi connectivity index (χ4v) is 5.33. The molecule has 8 heteroatoms. The summed E-state index contributed by atoms with van der Waals surface area (Å²) in [4.78, 5) is 12.0. The van der Waals surface area contributed by atoms with Crippen LogP contribution in [0, 0.1) is 5.92 Å². The molecule has 0 aliphatic heterocycles. The van der Waals surface area contributed by atoms with E-state index in [1.54, 1.807) is 28.4 Å². The zero-order valence-electron chi connectivity index (χ0n) is 15.4. The lowest BCUT2D eigenvalue weighted by Crippen LogP contribution is -2.08. The van der Waals surface area contributed by atoms with Crippen molar-refractivity contribution >= 4 is 27.2 Å². The summed E-state index contributed by atoms with van der Waals surface area (Å²) in [5.41, 5.74) is 2.28. The molecule has 1 aliphatic carbocycles. The molecule has 28 heavy (non-hydrogen) atoms. The molecule has 0 amide bonds. The van der Waals surface area contributed by atoms with Crippen LogP contribution >= 0.6 is 11.3 Å². The molecule has 0 saturated carbocycles. The van der Waals surface area contributed by atoms with E-state index in [1.165, 1.54) is 16.9 Å². The van der Waals surface area contributed by atoms with Crippen molar-refractivity contribution in [3.05, 3.63) is 53.1 Å². The van der Waals surface area contributed by atoms with Gasteiger partial charge in [0, 0.05) is 17.3 Å². The van der Waals surface area contributed by atoms with Gasteiger partial charge in [-0.15, -0.1) is 16.4 Å². The maximum atomic E-state index is 5.98. The van der Waals surface area contributed by atoms with E-state index < -0.39 is 0 Å². The van der Waals surface area contributed by atoms with E-state index in [1.807, 2.05) is 29.1 Å². The van der Waals surface area contributed by atoms with E-state index in [0.29, 0.717) is 18.1 Å². The van der Waals surface area contributed by atoms with E-state index >= 15 is 0 Å². The first-order valence-electron chi connectivity index (χ1n) is 9.47. The summed E-state index contributed by atoms with van der Waals surface area (Å²) >= 11 is 1.80. The van der Waals surface area contributed by atoms with Gasteiger partial charge >= 0.3 is 0 Å². The van der Waals surface area contributed by atoms with Gasteiger partial charge in [-0.05, 0) is 48.9 Å². The normalized spacial score (nSPS) is 16.8. The first kappa shape index (κ1) is 16.0. The zero-order valence-corrected chi connectivity index (χ0v) is 16.2. The third-order valence-corrected chi connectivity index (χ3v) is 6.55. The molecule has 5 aromatic rings. The van der Waals surface area contributed by atoms with Crippen molar-refractivity contribution < 1.29 is 4.42 Å². The predicted octanol–water partition coefficient (Wildman–Crippen LogP) is 3.97. The second-order valence-electron chi connectivity index (χ2n) is 7.45. The Morgan fingerprint density at radius 3 is 3.18 bits per heavy atom. The average Bonchev–Trinajstić information content (AvgIpc) is 3.46. The molecule has 0 aromatic carbocycles. The summed E-state index contributed by atoms with van der Waals surface area (Å²) in [6.45, 7) is 2.91. The van der Waals surface area contributed by atoms with E-state index in [2.05, 4.69) is 22.1 Å². The van der Waals surface area contributed by atoms with Crippen molar-refractivity contribution in [3.63, 3.8) is 0 Å². The quantitative estimate of drug-likeness (QED) is 0.466. The number of hydrogen-bond acceptors (Lipinski definition) is 6. The predicted molar refractivity (Wildman–Crippen MR) is 106 cm³/mol. The second kappa shape index (κ2) is 6.00. The lowest BCUT2D eigenvalue weighted by atomic mass is 9.89. The Kier molecular flexibility index (Phi) is 3.43. The van der Waals surface area contributed by atoms with Gasteiger partial charge in [0.2, 0.25) is 5.82 Å². The van der Waals surface area contributed by atoms with Crippen molar-refractivity contribution in [2.75, 3.05) is 0 Å². The highest BCUT2D eigenvalue weighted by Crippen LogP contribution is 2.38. The fraction of sp³-hybridized carbons (Fsp3) is 0.300. The summed E-state index contributed by atoms with van der Waals surface area (Å²) < 4.78 is 9.58. The van der Waals surface area contributed by atoms with E-state index in [-0.39, 0.29) is 0 Å². The van der Waals surface area contributed by atoms with Crippen LogP contribution in [0.3, 0.4) is 0 Å². The first-order chi connectivity index (χ1) is 13.7. The smallest absolute Gasteiger partial charge is 0.217 e. The zero-order chi connectivity index (χ0) is 18.7. The number of aromatic nitrogens is 6. The van der Waals surface area contributed by atoms with Gasteiger partial charge in [0.25, 0.3) is 0 Å². The van der Waals surface area contributed by atoms with E-state index in [0.717, 1.165) is 40.4 Å². The highest BCUT2D eigenvalue weighted by Gasteiger charge is 2.24. The van der Waals surface area contributed by atoms with E-state index in [4.69, 9.17) is 9.40 Å². The highest BCUT2D eigenvalue weighted by atomic mass is 32.1. The Hall–Kier alpha value is -3.00. The molecule has 1 aliphatic rings. The first-order valence-corrected chi connectivity index (χ1v) is 10.3. The number of aryl methyl sites for hydroxylation is 1. The van der Waals surface area contributed by atoms with Crippen LogP contribution in [0.4, 0.5) is 0 Å². The van der Waals surface area contributed by atoms with Crippen molar-refractivity contribution in [2.24, 2.45) is 5.92 Å². The number of rotatable bonds is 3. The minimum atomic E-state index is 0.586. The largest absolute Gasteiger partial charge is 0.456 e. The molecule has 1 atom stereocenters. The summed E-state index contributed by atoms with van der Waals surface area (Å²) in [5.74, 6) is 2.81. The molecule has 5 heterocycles. The molecular weight excluding hydrogens is 372 g/mol. The number of nitrogens with zero attached hydrogens (tertiary/aromatic N) is 6. The average molecular weight is 390 g/mol. The van der Waals surface area contributed by atoms with Crippen LogP contribution in [0.2, 0.25) is 0 Å². The summed E-state index contributed by atoms with van der Waals surface area (Å²) in [7, 11) is 0.